The standard InChI is InChI=1S/C28H37N5O8S2/c1-32-18-22(15-31-32)21-11-27(17-29-14-21)43(38,39)33-7-5-28(6-8-33)13-23(19-41-28)30-16-24(35)20-40-25-3-2-4-26(12-25)42(36,37)10-9-34/h2-4,11-12,14-15,17-18,23-24,30,34-35H,5-10,13,16,19-20H2,1H3/t23-,24?/m1/s1. The molecule has 0 radical (unpaired) electrons. The van der Waals surface area contributed by atoms with Gasteiger partial charge in [0.15, 0.2) is 9.84 Å². The third-order valence-corrected chi connectivity index (χ3v) is 11.4. The Balaban J connectivity index is 1.09. The van der Waals surface area contributed by atoms with Crippen LogP contribution in [-0.2, 0) is 31.6 Å². The lowest BCUT2D eigenvalue weighted by Crippen LogP contribution is -2.47. The van der Waals surface area contributed by atoms with Gasteiger partial charge in [-0.05, 0) is 43.5 Å². The Kier molecular flexibility index (Phi) is 9.51. The normalized spacial score (nSPS) is 19.9. The lowest BCUT2D eigenvalue weighted by atomic mass is 9.88. The van der Waals surface area contributed by atoms with E-state index in [0.717, 1.165) is 5.56 Å². The summed E-state index contributed by atoms with van der Waals surface area (Å²) in [6.07, 6.45) is 7.42. The van der Waals surface area contributed by atoms with Crippen LogP contribution in [0.25, 0.3) is 11.1 Å². The second-order valence-corrected chi connectivity index (χ2v) is 15.0. The molecule has 43 heavy (non-hydrogen) atoms. The monoisotopic (exact) mass is 635 g/mol. The minimum atomic E-state index is -3.73. The number of sulfonamides is 1. The second-order valence-electron chi connectivity index (χ2n) is 11.0. The van der Waals surface area contributed by atoms with E-state index in [1.807, 2.05) is 0 Å². The predicted octanol–water partition coefficient (Wildman–Crippen LogP) is 0.590. The number of hydrogen-bond donors (Lipinski definition) is 3. The molecule has 2 fully saturated rings. The number of nitrogens with one attached hydrogen (secondary N) is 1. The molecule has 15 heteroatoms. The van der Waals surface area contributed by atoms with Gasteiger partial charge >= 0.3 is 0 Å². The van der Waals surface area contributed by atoms with Gasteiger partial charge in [-0.3, -0.25) is 9.67 Å². The molecule has 2 aromatic heterocycles. The van der Waals surface area contributed by atoms with E-state index in [-0.39, 0.29) is 34.7 Å². The van der Waals surface area contributed by atoms with Crippen molar-refractivity contribution in [3.05, 3.63) is 55.1 Å². The van der Waals surface area contributed by atoms with Gasteiger partial charge in [0, 0.05) is 62.4 Å². The maximum atomic E-state index is 13.4. The summed E-state index contributed by atoms with van der Waals surface area (Å²) in [5.41, 5.74) is 1.04. The Morgan fingerprint density at radius 3 is 2.63 bits per heavy atom. The highest BCUT2D eigenvalue weighted by Crippen LogP contribution is 2.37. The first-order chi connectivity index (χ1) is 20.5. The van der Waals surface area contributed by atoms with Gasteiger partial charge in [-0.2, -0.15) is 9.40 Å². The Bertz CT molecular complexity index is 1620. The van der Waals surface area contributed by atoms with Crippen LogP contribution in [0.5, 0.6) is 5.75 Å². The van der Waals surface area contributed by atoms with Crippen LogP contribution < -0.4 is 10.1 Å². The highest BCUT2D eigenvalue weighted by atomic mass is 32.2. The molecular weight excluding hydrogens is 598 g/mol. The third-order valence-electron chi connectivity index (χ3n) is 7.84. The number of rotatable bonds is 12. The van der Waals surface area contributed by atoms with Crippen LogP contribution in [-0.4, -0.2) is 109 Å². The van der Waals surface area contributed by atoms with Crippen LogP contribution in [0.4, 0.5) is 0 Å². The SMILES string of the molecule is Cn1cc(-c2cncc(S(=O)(=O)N3CCC4(CC3)C[C@@H](NCC(O)COc3cccc(S(=O)(=O)CCO)c3)CO4)c2)cn1. The molecule has 5 rings (SSSR count). The summed E-state index contributed by atoms with van der Waals surface area (Å²) in [6.45, 7) is 0.834. The van der Waals surface area contributed by atoms with E-state index in [9.17, 15) is 21.9 Å². The Morgan fingerprint density at radius 1 is 1.12 bits per heavy atom. The molecule has 13 nitrogen and oxygen atoms in total. The average Bonchev–Trinajstić information content (AvgIpc) is 3.61. The zero-order valence-electron chi connectivity index (χ0n) is 23.9. The number of benzene rings is 1. The van der Waals surface area contributed by atoms with Gasteiger partial charge < -0.3 is 25.0 Å². The molecule has 3 aromatic rings. The average molecular weight is 636 g/mol. The first kappa shape index (κ1) is 31.5. The quantitative estimate of drug-likeness (QED) is 0.254. The first-order valence-corrected chi connectivity index (χ1v) is 17.2. The highest BCUT2D eigenvalue weighted by Gasteiger charge is 2.44. The van der Waals surface area contributed by atoms with Gasteiger partial charge in [0.1, 0.15) is 23.4 Å². The molecule has 1 aromatic carbocycles. The number of sulfone groups is 1. The number of nitrogens with zero attached hydrogens (tertiary/aromatic N) is 4. The van der Waals surface area contributed by atoms with Crippen molar-refractivity contribution in [3.8, 4) is 16.9 Å². The van der Waals surface area contributed by atoms with E-state index in [0.29, 0.717) is 50.3 Å². The van der Waals surface area contributed by atoms with Crippen LogP contribution in [0.15, 0.2) is 64.9 Å². The van der Waals surface area contributed by atoms with Gasteiger partial charge in [-0.15, -0.1) is 0 Å². The van der Waals surface area contributed by atoms with Crippen LogP contribution in [0.2, 0.25) is 0 Å². The van der Waals surface area contributed by atoms with Crippen LogP contribution in [0, 0.1) is 0 Å². The minimum Gasteiger partial charge on any atom is -0.491 e. The Labute approximate surface area is 251 Å². The Morgan fingerprint density at radius 2 is 1.91 bits per heavy atom. The van der Waals surface area contributed by atoms with Gasteiger partial charge in [-0.1, -0.05) is 6.07 Å². The summed E-state index contributed by atoms with van der Waals surface area (Å²) >= 11 is 0. The Hall–Kier alpha value is -2.92. The van der Waals surface area contributed by atoms with Crippen molar-refractivity contribution < 1.29 is 36.5 Å². The molecule has 0 aliphatic carbocycles. The fourth-order valence-corrected chi connectivity index (χ4v) is 7.93. The zero-order valence-corrected chi connectivity index (χ0v) is 25.5. The molecule has 0 amide bonds. The number of aryl methyl sites for hydroxylation is 1. The van der Waals surface area contributed by atoms with Gasteiger partial charge in [-0.25, -0.2) is 16.8 Å². The minimum absolute atomic E-state index is 0.00915. The molecular formula is C28H37N5O8S2. The highest BCUT2D eigenvalue weighted by molar-refractivity contribution is 7.91. The summed E-state index contributed by atoms with van der Waals surface area (Å²) in [6, 6.07) is 7.58. The molecule has 1 unspecified atom stereocenters. The maximum Gasteiger partial charge on any atom is 0.244 e. The number of aliphatic hydroxyl groups excluding tert-OH is 2. The summed E-state index contributed by atoms with van der Waals surface area (Å²) in [5, 5.41) is 26.9. The molecule has 0 bridgehead atoms. The van der Waals surface area contributed by atoms with Crippen molar-refractivity contribution in [3.63, 3.8) is 0 Å². The number of aromatic nitrogens is 3. The lowest BCUT2D eigenvalue weighted by molar-refractivity contribution is -0.0312. The van der Waals surface area contributed by atoms with Gasteiger partial charge in [0.25, 0.3) is 0 Å². The largest absolute Gasteiger partial charge is 0.491 e. The van der Waals surface area contributed by atoms with Crippen LogP contribution in [0.3, 0.4) is 0 Å². The van der Waals surface area contributed by atoms with E-state index < -0.39 is 38.2 Å². The summed E-state index contributed by atoms with van der Waals surface area (Å²) < 4.78 is 66.1. The molecule has 2 saturated heterocycles. The lowest BCUT2D eigenvalue weighted by Gasteiger charge is -2.38. The first-order valence-electron chi connectivity index (χ1n) is 14.1. The van der Waals surface area contributed by atoms with E-state index in [2.05, 4.69) is 15.4 Å². The molecule has 2 atom stereocenters. The number of piperidine rings is 1. The van der Waals surface area contributed by atoms with Crippen molar-refractivity contribution in [1.29, 1.82) is 0 Å². The van der Waals surface area contributed by atoms with E-state index in [1.165, 1.54) is 22.6 Å². The molecule has 3 N–H and O–H groups in total. The van der Waals surface area contributed by atoms with Crippen molar-refractivity contribution in [1.82, 2.24) is 24.4 Å². The zero-order chi connectivity index (χ0) is 30.7. The molecule has 4 heterocycles. The fraction of sp³-hybridized carbons (Fsp3) is 0.500. The molecule has 1 spiro atoms. The predicted molar refractivity (Wildman–Crippen MR) is 157 cm³/mol. The van der Waals surface area contributed by atoms with Crippen LogP contribution in [0.1, 0.15) is 19.3 Å². The van der Waals surface area contributed by atoms with Gasteiger partial charge in [0.05, 0.1) is 35.7 Å². The van der Waals surface area contributed by atoms with Crippen molar-refractivity contribution in [2.75, 3.05) is 45.2 Å². The molecule has 2 aliphatic rings. The number of hydrogen-bond acceptors (Lipinski definition) is 11. The van der Waals surface area contributed by atoms with Gasteiger partial charge in [0.2, 0.25) is 10.0 Å². The molecule has 2 aliphatic heterocycles. The van der Waals surface area contributed by atoms with Crippen molar-refractivity contribution in [2.24, 2.45) is 7.05 Å². The summed E-state index contributed by atoms with van der Waals surface area (Å²) in [4.78, 5) is 4.35. The van der Waals surface area contributed by atoms with E-state index >= 15 is 0 Å². The second kappa shape index (κ2) is 13.0. The smallest absolute Gasteiger partial charge is 0.244 e. The van der Waals surface area contributed by atoms with E-state index in [1.54, 1.807) is 48.5 Å². The third kappa shape index (κ3) is 7.42. The number of pyridine rings is 1. The summed E-state index contributed by atoms with van der Waals surface area (Å²) in [7, 11) is -5.54. The summed E-state index contributed by atoms with van der Waals surface area (Å²) in [5.74, 6) is -0.0671. The van der Waals surface area contributed by atoms with Crippen molar-refractivity contribution in [2.45, 2.75) is 46.8 Å². The molecule has 0 saturated carbocycles. The molecule has 234 valence electrons. The van der Waals surface area contributed by atoms with Crippen molar-refractivity contribution >= 4 is 19.9 Å². The van der Waals surface area contributed by atoms with Crippen LogP contribution >= 0.6 is 0 Å². The maximum absolute atomic E-state index is 13.4. The fourth-order valence-electron chi connectivity index (χ4n) is 5.44. The topological polar surface area (TPSA) is 173 Å². The number of ether oxygens (including phenoxy) is 2. The number of aliphatic hydroxyl groups is 2. The van der Waals surface area contributed by atoms with E-state index in [4.69, 9.17) is 14.6 Å².